The number of halogens is 6. The van der Waals surface area contributed by atoms with Crippen molar-refractivity contribution in [1.82, 2.24) is 15.0 Å². The fraction of sp³-hybridized carbons (Fsp3) is 0.182. The highest BCUT2D eigenvalue weighted by Crippen LogP contribution is 2.34. The first-order valence-corrected chi connectivity index (χ1v) is 6.75. The maximum Gasteiger partial charge on any atom is 0.444 e. The van der Waals surface area contributed by atoms with Gasteiger partial charge in [-0.05, 0) is 35.3 Å². The van der Waals surface area contributed by atoms with E-state index in [0.29, 0.717) is 0 Å². The van der Waals surface area contributed by atoms with Crippen LogP contribution < -0.4 is 10.1 Å². The van der Waals surface area contributed by atoms with Gasteiger partial charge in [0.25, 0.3) is 5.63 Å². The average molecular weight is 374 g/mol. The number of nitrogens with one attached hydrogen (secondary N) is 1. The van der Waals surface area contributed by atoms with E-state index in [9.17, 15) is 13.2 Å². The monoisotopic (exact) mass is 372 g/mol. The number of nitrogens with zero attached hydrogens (tertiary/aromatic N) is 3. The molecule has 0 bridgehead atoms. The zero-order valence-electron chi connectivity index (χ0n) is 10.4. The minimum atomic E-state index is -4.21. The molecule has 0 amide bonds. The van der Waals surface area contributed by atoms with Crippen molar-refractivity contribution in [3.8, 4) is 5.75 Å². The van der Waals surface area contributed by atoms with E-state index in [-0.39, 0.29) is 28.0 Å². The summed E-state index contributed by atoms with van der Waals surface area (Å²) in [6.45, 7) is 0. The topological polar surface area (TPSA) is 59.9 Å². The summed E-state index contributed by atoms with van der Waals surface area (Å²) in [6.07, 6.45) is -4.21. The zero-order valence-corrected chi connectivity index (χ0v) is 12.7. The lowest BCUT2D eigenvalue weighted by Gasteiger charge is -2.19. The number of anilines is 2. The molecular formula is C11H6Cl3F3N4O. The van der Waals surface area contributed by atoms with Crippen molar-refractivity contribution in [1.29, 1.82) is 0 Å². The summed E-state index contributed by atoms with van der Waals surface area (Å²) in [6, 6.07) is 5.48. The second-order valence-corrected chi connectivity index (χ2v) is 4.84. The fourth-order valence-corrected chi connectivity index (χ4v) is 1.76. The van der Waals surface area contributed by atoms with E-state index in [1.54, 1.807) is 0 Å². The molecule has 1 aromatic heterocycles. The highest BCUT2D eigenvalue weighted by molar-refractivity contribution is 6.31. The third-order valence-corrected chi connectivity index (χ3v) is 2.81. The van der Waals surface area contributed by atoms with E-state index in [0.717, 1.165) is 0 Å². The number of alkyl halides is 4. The van der Waals surface area contributed by atoms with E-state index in [1.807, 2.05) is 0 Å². The van der Waals surface area contributed by atoms with Gasteiger partial charge in [0.05, 0.1) is 5.69 Å². The Bertz CT molecular complexity index is 655. The van der Waals surface area contributed by atoms with Crippen LogP contribution in [0.1, 0.15) is 0 Å². The number of benzene rings is 1. The Hall–Kier alpha value is -1.51. The lowest BCUT2D eigenvalue weighted by Crippen LogP contribution is -2.33. The van der Waals surface area contributed by atoms with E-state index in [4.69, 9.17) is 34.8 Å². The first-order valence-electron chi connectivity index (χ1n) is 5.56. The van der Waals surface area contributed by atoms with Crippen LogP contribution in [0.4, 0.5) is 24.8 Å². The molecule has 2 rings (SSSR count). The molecule has 0 aliphatic rings. The molecule has 0 saturated carbocycles. The van der Waals surface area contributed by atoms with Crippen LogP contribution in [0.5, 0.6) is 5.75 Å². The standard InChI is InChI=1S/C11H6Cl3F3N4O/c12-7(15)11(16,17)22-6-4-2-1-3-5(6)18-10-20-8(13)19-9(14)21-10/h1-4,7H,(H,18,19,20,21)/t7-/m1/s1. The number of rotatable bonds is 5. The van der Waals surface area contributed by atoms with Crippen LogP contribution in [0.15, 0.2) is 24.3 Å². The number of aromatic nitrogens is 3. The fourth-order valence-electron chi connectivity index (χ4n) is 1.35. The van der Waals surface area contributed by atoms with Gasteiger partial charge in [0, 0.05) is 0 Å². The third kappa shape index (κ3) is 4.25. The molecule has 118 valence electrons. The molecule has 22 heavy (non-hydrogen) atoms. The van der Waals surface area contributed by atoms with Crippen molar-refractivity contribution in [3.63, 3.8) is 0 Å². The molecule has 1 heterocycles. The molecule has 0 aliphatic carbocycles. The summed E-state index contributed by atoms with van der Waals surface area (Å²) in [5.41, 5.74) is -2.99. The molecule has 1 atom stereocenters. The summed E-state index contributed by atoms with van der Waals surface area (Å²) in [7, 11) is 0. The maximum absolute atomic E-state index is 13.2. The zero-order chi connectivity index (χ0) is 16.3. The van der Waals surface area contributed by atoms with E-state index < -0.39 is 11.7 Å². The predicted octanol–water partition coefficient (Wildman–Crippen LogP) is 4.43. The Morgan fingerprint density at radius 2 is 1.68 bits per heavy atom. The second-order valence-electron chi connectivity index (χ2n) is 3.78. The highest BCUT2D eigenvalue weighted by atomic mass is 35.5. The van der Waals surface area contributed by atoms with Crippen LogP contribution in [0.3, 0.4) is 0 Å². The lowest BCUT2D eigenvalue weighted by atomic mass is 10.3. The van der Waals surface area contributed by atoms with Gasteiger partial charge >= 0.3 is 6.11 Å². The van der Waals surface area contributed by atoms with Gasteiger partial charge in [-0.3, -0.25) is 0 Å². The number of ether oxygens (including phenoxy) is 1. The molecule has 0 saturated heterocycles. The van der Waals surface area contributed by atoms with Crippen molar-refractivity contribution < 1.29 is 17.9 Å². The largest absolute Gasteiger partial charge is 0.444 e. The van der Waals surface area contributed by atoms with Crippen molar-refractivity contribution in [2.24, 2.45) is 0 Å². The maximum atomic E-state index is 13.2. The molecule has 0 radical (unpaired) electrons. The summed E-state index contributed by atoms with van der Waals surface area (Å²) in [5, 5.41) is 2.16. The number of para-hydroxylation sites is 2. The quantitative estimate of drug-likeness (QED) is 0.786. The highest BCUT2D eigenvalue weighted by Gasteiger charge is 2.42. The Balaban J connectivity index is 2.28. The van der Waals surface area contributed by atoms with Crippen LogP contribution in [0.25, 0.3) is 0 Å². The molecule has 2 aromatic rings. The van der Waals surface area contributed by atoms with Gasteiger partial charge in [0.2, 0.25) is 16.5 Å². The molecular weight excluding hydrogens is 368 g/mol. The van der Waals surface area contributed by atoms with Gasteiger partial charge in [-0.1, -0.05) is 23.7 Å². The number of hydrogen-bond donors (Lipinski definition) is 1. The molecule has 0 aliphatic heterocycles. The van der Waals surface area contributed by atoms with Crippen molar-refractivity contribution in [2.75, 3.05) is 5.32 Å². The molecule has 0 spiro atoms. The lowest BCUT2D eigenvalue weighted by molar-refractivity contribution is -0.198. The van der Waals surface area contributed by atoms with Crippen molar-refractivity contribution >= 4 is 46.4 Å². The van der Waals surface area contributed by atoms with Crippen LogP contribution in [-0.2, 0) is 0 Å². The Kier molecular flexibility index (Phi) is 5.15. The normalized spacial score (nSPS) is 12.8. The first kappa shape index (κ1) is 16.9. The molecule has 0 unspecified atom stereocenters. The summed E-state index contributed by atoms with van der Waals surface area (Å²) >= 11 is 15.9. The van der Waals surface area contributed by atoms with Gasteiger partial charge in [0.15, 0.2) is 0 Å². The Morgan fingerprint density at radius 3 is 2.27 bits per heavy atom. The molecule has 5 nitrogen and oxygen atoms in total. The minimum Gasteiger partial charge on any atom is -0.427 e. The van der Waals surface area contributed by atoms with Gasteiger partial charge in [-0.15, -0.1) is 0 Å². The Morgan fingerprint density at radius 1 is 1.09 bits per heavy atom. The van der Waals surface area contributed by atoms with Crippen LogP contribution in [0, 0.1) is 0 Å². The summed E-state index contributed by atoms with van der Waals surface area (Å²) in [5.74, 6) is -0.476. The first-order chi connectivity index (χ1) is 10.3. The summed E-state index contributed by atoms with van der Waals surface area (Å²) < 4.78 is 43.4. The molecule has 1 aromatic carbocycles. The van der Waals surface area contributed by atoms with Gasteiger partial charge in [-0.25, -0.2) is 4.39 Å². The number of hydrogen-bond acceptors (Lipinski definition) is 5. The van der Waals surface area contributed by atoms with Crippen molar-refractivity contribution in [2.45, 2.75) is 11.7 Å². The molecule has 1 N–H and O–H groups in total. The van der Waals surface area contributed by atoms with Gasteiger partial charge in [0.1, 0.15) is 5.75 Å². The minimum absolute atomic E-state index is 0.0258. The van der Waals surface area contributed by atoms with E-state index in [2.05, 4.69) is 25.0 Å². The molecule has 0 fully saturated rings. The van der Waals surface area contributed by atoms with Crippen molar-refractivity contribution in [3.05, 3.63) is 34.8 Å². The van der Waals surface area contributed by atoms with Crippen LogP contribution in [-0.4, -0.2) is 26.7 Å². The average Bonchev–Trinajstić information content (AvgIpc) is 2.39. The van der Waals surface area contributed by atoms with Crippen LogP contribution >= 0.6 is 34.8 Å². The van der Waals surface area contributed by atoms with E-state index >= 15 is 0 Å². The van der Waals surface area contributed by atoms with Gasteiger partial charge in [-0.2, -0.15) is 23.7 Å². The SMILES string of the molecule is F[C@@H](Cl)C(F)(F)Oc1ccccc1Nc1nc(Cl)nc(Cl)n1. The second kappa shape index (κ2) is 6.72. The third-order valence-electron chi connectivity index (χ3n) is 2.21. The Labute approximate surface area is 137 Å². The van der Waals surface area contributed by atoms with Gasteiger partial charge < -0.3 is 10.1 Å². The van der Waals surface area contributed by atoms with Crippen LogP contribution in [0.2, 0.25) is 10.6 Å². The predicted molar refractivity (Wildman–Crippen MR) is 75.9 cm³/mol. The summed E-state index contributed by atoms with van der Waals surface area (Å²) in [4.78, 5) is 10.9. The molecule has 11 heteroatoms. The smallest absolute Gasteiger partial charge is 0.427 e. The van der Waals surface area contributed by atoms with E-state index in [1.165, 1.54) is 24.3 Å².